The van der Waals surface area contributed by atoms with E-state index in [4.69, 9.17) is 5.11 Å². The SMILES string of the molecule is [O]Oc1ccc(O)c(CC(=O)O)c1O. The Kier molecular flexibility index (Phi) is 2.78. The number of phenolic OH excluding ortho intramolecular Hbond substituents is 2. The summed E-state index contributed by atoms with van der Waals surface area (Å²) in [6, 6.07) is 2.12. The average molecular weight is 199 g/mol. The summed E-state index contributed by atoms with van der Waals surface area (Å²) in [5, 5.41) is 36.9. The van der Waals surface area contributed by atoms with Crippen LogP contribution in [0.5, 0.6) is 17.2 Å². The van der Waals surface area contributed by atoms with Crippen molar-refractivity contribution in [3.63, 3.8) is 0 Å². The number of hydrogen-bond donors (Lipinski definition) is 3. The van der Waals surface area contributed by atoms with Crippen LogP contribution in [0.4, 0.5) is 0 Å². The first-order chi connectivity index (χ1) is 6.56. The van der Waals surface area contributed by atoms with E-state index in [-0.39, 0.29) is 5.56 Å². The van der Waals surface area contributed by atoms with E-state index in [1.165, 1.54) is 0 Å². The first kappa shape index (κ1) is 10.1. The molecule has 6 nitrogen and oxygen atoms in total. The van der Waals surface area contributed by atoms with E-state index in [9.17, 15) is 20.3 Å². The number of carboxylic acids is 1. The molecule has 75 valence electrons. The summed E-state index contributed by atoms with van der Waals surface area (Å²) >= 11 is 0. The van der Waals surface area contributed by atoms with Gasteiger partial charge < -0.3 is 20.2 Å². The molecule has 0 heterocycles. The van der Waals surface area contributed by atoms with E-state index in [0.717, 1.165) is 12.1 Å². The first-order valence-electron chi connectivity index (χ1n) is 3.61. The minimum atomic E-state index is -1.24. The van der Waals surface area contributed by atoms with Gasteiger partial charge in [0.25, 0.3) is 0 Å². The molecule has 0 amide bonds. The third kappa shape index (κ3) is 1.86. The maximum Gasteiger partial charge on any atom is 0.308 e. The number of aliphatic carboxylic acids is 1. The third-order valence-corrected chi connectivity index (χ3v) is 1.64. The molecule has 6 heteroatoms. The molecule has 1 rings (SSSR count). The van der Waals surface area contributed by atoms with Gasteiger partial charge in [-0.05, 0) is 12.1 Å². The van der Waals surface area contributed by atoms with Gasteiger partial charge in [-0.25, -0.2) is 0 Å². The van der Waals surface area contributed by atoms with Crippen LogP contribution in [0.1, 0.15) is 5.56 Å². The van der Waals surface area contributed by atoms with Crippen LogP contribution in [0.3, 0.4) is 0 Å². The lowest BCUT2D eigenvalue weighted by molar-refractivity contribution is -0.209. The molecule has 14 heavy (non-hydrogen) atoms. The number of carbonyl (C=O) groups is 1. The summed E-state index contributed by atoms with van der Waals surface area (Å²) in [5.74, 6) is -2.70. The topological polar surface area (TPSA) is 107 Å². The maximum atomic E-state index is 10.3. The Hall–Kier alpha value is -1.95. The van der Waals surface area contributed by atoms with Gasteiger partial charge in [-0.2, -0.15) is 0 Å². The molecule has 0 bridgehead atoms. The fraction of sp³-hybridized carbons (Fsp3) is 0.125. The fourth-order valence-electron chi connectivity index (χ4n) is 0.997. The highest BCUT2D eigenvalue weighted by molar-refractivity contribution is 5.73. The normalized spacial score (nSPS) is 9.79. The molecule has 0 aliphatic rings. The van der Waals surface area contributed by atoms with E-state index in [0.29, 0.717) is 0 Å². The molecule has 0 fully saturated rings. The quantitative estimate of drug-likeness (QED) is 0.484. The Morgan fingerprint density at radius 2 is 2.00 bits per heavy atom. The molecule has 0 unspecified atom stereocenters. The largest absolute Gasteiger partial charge is 0.508 e. The summed E-state index contributed by atoms with van der Waals surface area (Å²) < 4.78 is 0. The second-order valence-corrected chi connectivity index (χ2v) is 2.56. The predicted molar refractivity (Wildman–Crippen MR) is 42.4 cm³/mol. The number of carboxylic acid groups (broad SMARTS) is 1. The lowest BCUT2D eigenvalue weighted by Gasteiger charge is -2.06. The molecular weight excluding hydrogens is 192 g/mol. The molecule has 0 aliphatic carbocycles. The standard InChI is InChI=1S/C8H7O6/c9-5-1-2-6(14-13)8(12)4(5)3-7(10)11/h1-2,9,12H,3H2,(H,10,11). The van der Waals surface area contributed by atoms with E-state index < -0.39 is 29.6 Å². The van der Waals surface area contributed by atoms with Crippen molar-refractivity contribution in [1.82, 2.24) is 0 Å². The summed E-state index contributed by atoms with van der Waals surface area (Å²) in [6.45, 7) is 0. The number of hydrogen-bond acceptors (Lipinski definition) is 4. The van der Waals surface area contributed by atoms with Gasteiger partial charge in [-0.3, -0.25) is 4.79 Å². The molecular formula is C8H7O6. The van der Waals surface area contributed by atoms with Crippen molar-refractivity contribution in [2.45, 2.75) is 6.42 Å². The Labute approximate surface area is 78.5 Å². The summed E-state index contributed by atoms with van der Waals surface area (Å²) in [7, 11) is 0. The van der Waals surface area contributed by atoms with Crippen LogP contribution in [0.15, 0.2) is 12.1 Å². The summed E-state index contributed by atoms with van der Waals surface area (Å²) in [4.78, 5) is 13.8. The molecule has 0 aromatic heterocycles. The third-order valence-electron chi connectivity index (χ3n) is 1.64. The highest BCUT2D eigenvalue weighted by Crippen LogP contribution is 2.35. The van der Waals surface area contributed by atoms with Gasteiger partial charge in [0.2, 0.25) is 5.75 Å². The number of phenols is 2. The van der Waals surface area contributed by atoms with Crippen LogP contribution in [-0.4, -0.2) is 21.3 Å². The van der Waals surface area contributed by atoms with Gasteiger partial charge in [0, 0.05) is 5.26 Å². The molecule has 1 aromatic carbocycles. The second-order valence-electron chi connectivity index (χ2n) is 2.56. The lowest BCUT2D eigenvalue weighted by atomic mass is 10.1. The monoisotopic (exact) mass is 199 g/mol. The average Bonchev–Trinajstić information content (AvgIpc) is 2.12. The fourth-order valence-corrected chi connectivity index (χ4v) is 0.997. The van der Waals surface area contributed by atoms with Crippen molar-refractivity contribution in [3.05, 3.63) is 17.7 Å². The van der Waals surface area contributed by atoms with Gasteiger partial charge >= 0.3 is 5.97 Å². The molecule has 0 saturated heterocycles. The van der Waals surface area contributed by atoms with E-state index >= 15 is 0 Å². The summed E-state index contributed by atoms with van der Waals surface area (Å²) in [6.07, 6.45) is -0.588. The zero-order chi connectivity index (χ0) is 10.7. The van der Waals surface area contributed by atoms with Crippen molar-refractivity contribution in [3.8, 4) is 17.2 Å². The van der Waals surface area contributed by atoms with Crippen LogP contribution < -0.4 is 4.89 Å². The van der Waals surface area contributed by atoms with E-state index in [1.54, 1.807) is 0 Å². The van der Waals surface area contributed by atoms with Crippen molar-refractivity contribution in [2.75, 3.05) is 0 Å². The molecule has 1 radical (unpaired) electrons. The Bertz CT molecular complexity index is 359. The zero-order valence-electron chi connectivity index (χ0n) is 6.93. The van der Waals surface area contributed by atoms with Crippen molar-refractivity contribution < 1.29 is 30.3 Å². The smallest absolute Gasteiger partial charge is 0.308 e. The second kappa shape index (κ2) is 3.84. The maximum absolute atomic E-state index is 10.3. The van der Waals surface area contributed by atoms with Crippen molar-refractivity contribution >= 4 is 5.97 Å². The Morgan fingerprint density at radius 1 is 1.36 bits per heavy atom. The van der Waals surface area contributed by atoms with Crippen molar-refractivity contribution in [1.29, 1.82) is 0 Å². The van der Waals surface area contributed by atoms with Gasteiger partial charge in [-0.1, -0.05) is 0 Å². The number of aromatic hydroxyl groups is 2. The van der Waals surface area contributed by atoms with Crippen molar-refractivity contribution in [2.24, 2.45) is 0 Å². The van der Waals surface area contributed by atoms with E-state index in [2.05, 4.69) is 4.89 Å². The Balaban J connectivity index is 3.18. The molecule has 0 saturated carbocycles. The van der Waals surface area contributed by atoms with Gasteiger partial charge in [0.05, 0.1) is 12.0 Å². The van der Waals surface area contributed by atoms with Crippen LogP contribution in [0, 0.1) is 0 Å². The minimum absolute atomic E-state index is 0.245. The molecule has 1 aromatic rings. The number of rotatable bonds is 3. The predicted octanol–water partition coefficient (Wildman–Crippen LogP) is 0.449. The first-order valence-corrected chi connectivity index (χ1v) is 3.61. The van der Waals surface area contributed by atoms with Crippen LogP contribution in [0.25, 0.3) is 0 Å². The highest BCUT2D eigenvalue weighted by atomic mass is 17.1. The molecule has 0 spiro atoms. The summed E-state index contributed by atoms with van der Waals surface area (Å²) in [5.41, 5.74) is -0.245. The zero-order valence-corrected chi connectivity index (χ0v) is 6.93. The van der Waals surface area contributed by atoms with Crippen LogP contribution in [0.2, 0.25) is 0 Å². The van der Waals surface area contributed by atoms with Gasteiger partial charge in [0.15, 0.2) is 5.75 Å². The molecule has 0 atom stereocenters. The number of benzene rings is 1. The lowest BCUT2D eigenvalue weighted by Crippen LogP contribution is -2.01. The van der Waals surface area contributed by atoms with Crippen LogP contribution >= 0.6 is 0 Å². The Morgan fingerprint density at radius 3 is 2.50 bits per heavy atom. The molecule has 3 N–H and O–H groups in total. The van der Waals surface area contributed by atoms with Gasteiger partial charge in [-0.15, -0.1) is 0 Å². The van der Waals surface area contributed by atoms with E-state index in [1.807, 2.05) is 0 Å². The minimum Gasteiger partial charge on any atom is -0.508 e. The molecule has 0 aliphatic heterocycles. The highest BCUT2D eigenvalue weighted by Gasteiger charge is 2.16. The van der Waals surface area contributed by atoms with Gasteiger partial charge in [0.1, 0.15) is 5.75 Å². The van der Waals surface area contributed by atoms with Crippen LogP contribution in [-0.2, 0) is 16.5 Å².